The molecule has 7 heteroatoms. The number of aliphatic imine (C=N–C) groups is 1. The second-order valence-electron chi connectivity index (χ2n) is 6.26. The number of hydrogen-bond acceptors (Lipinski definition) is 4. The zero-order chi connectivity index (χ0) is 16.9. The van der Waals surface area contributed by atoms with Gasteiger partial charge in [-0.05, 0) is 49.3 Å². The van der Waals surface area contributed by atoms with Gasteiger partial charge < -0.3 is 15.2 Å². The molecule has 1 aliphatic carbocycles. The highest BCUT2D eigenvalue weighted by molar-refractivity contribution is 14.0. The molecule has 0 radical (unpaired) electrons. The average molecular weight is 455 g/mol. The van der Waals surface area contributed by atoms with Crippen LogP contribution in [0, 0.1) is 6.92 Å². The van der Waals surface area contributed by atoms with Gasteiger partial charge in [0.05, 0.1) is 12.6 Å². The molecule has 2 N–H and O–H groups in total. The number of benzene rings is 1. The van der Waals surface area contributed by atoms with Gasteiger partial charge in [-0.3, -0.25) is 4.99 Å². The fraction of sp³-hybridized carbons (Fsp3) is 0.500. The van der Waals surface area contributed by atoms with E-state index in [-0.39, 0.29) is 30.0 Å². The van der Waals surface area contributed by atoms with Crippen LogP contribution >= 0.6 is 24.0 Å². The Labute approximate surface area is 165 Å². The van der Waals surface area contributed by atoms with E-state index in [1.807, 2.05) is 0 Å². The summed E-state index contributed by atoms with van der Waals surface area (Å²) in [5.41, 5.74) is 4.29. The predicted molar refractivity (Wildman–Crippen MR) is 109 cm³/mol. The highest BCUT2D eigenvalue weighted by Crippen LogP contribution is 2.24. The quantitative estimate of drug-likeness (QED) is 0.421. The van der Waals surface area contributed by atoms with Crippen molar-refractivity contribution < 1.29 is 4.52 Å². The summed E-state index contributed by atoms with van der Waals surface area (Å²) in [7, 11) is 1.76. The molecule has 0 bridgehead atoms. The van der Waals surface area contributed by atoms with Crippen molar-refractivity contribution in [2.24, 2.45) is 4.99 Å². The molecule has 1 atom stereocenters. The summed E-state index contributed by atoms with van der Waals surface area (Å²) < 4.78 is 4.97. The lowest BCUT2D eigenvalue weighted by Crippen LogP contribution is -2.38. The molecule has 1 unspecified atom stereocenters. The Bertz CT molecular complexity index is 728. The maximum absolute atomic E-state index is 4.97. The zero-order valence-corrected chi connectivity index (χ0v) is 17.3. The van der Waals surface area contributed by atoms with Crippen LogP contribution in [0.4, 0.5) is 0 Å². The number of fused-ring (bicyclic) bond motifs is 1. The largest absolute Gasteiger partial charge is 0.350 e. The summed E-state index contributed by atoms with van der Waals surface area (Å²) in [5.74, 6) is 1.91. The lowest BCUT2D eigenvalue weighted by atomic mass is 9.89. The second-order valence-corrected chi connectivity index (χ2v) is 6.26. The lowest BCUT2D eigenvalue weighted by Gasteiger charge is -2.21. The topological polar surface area (TPSA) is 75.3 Å². The minimum absolute atomic E-state index is 0. The smallest absolute Gasteiger partial charge is 0.223 e. The molecular weight excluding hydrogens is 429 g/mol. The first-order valence-electron chi connectivity index (χ1n) is 8.54. The average Bonchev–Trinajstić information content (AvgIpc) is 3.03. The Morgan fingerprint density at radius 2 is 2.04 bits per heavy atom. The number of aromatic nitrogens is 2. The van der Waals surface area contributed by atoms with Gasteiger partial charge in [0, 0.05) is 14.0 Å². The van der Waals surface area contributed by atoms with E-state index in [9.17, 15) is 0 Å². The number of hydrogen-bond donors (Lipinski definition) is 2. The minimum Gasteiger partial charge on any atom is -0.350 e. The van der Waals surface area contributed by atoms with E-state index in [4.69, 9.17) is 4.52 Å². The van der Waals surface area contributed by atoms with Gasteiger partial charge in [0.25, 0.3) is 0 Å². The van der Waals surface area contributed by atoms with Gasteiger partial charge in [-0.1, -0.05) is 23.4 Å². The van der Waals surface area contributed by atoms with Crippen molar-refractivity contribution in [1.29, 1.82) is 0 Å². The SMILES string of the molecule is CN=C(NCc1noc(C)n1)NC(C)c1ccc2c(c1)CCCC2.I. The fourth-order valence-electron chi connectivity index (χ4n) is 3.08. The van der Waals surface area contributed by atoms with E-state index < -0.39 is 0 Å². The highest BCUT2D eigenvalue weighted by atomic mass is 127. The highest BCUT2D eigenvalue weighted by Gasteiger charge is 2.13. The van der Waals surface area contributed by atoms with Gasteiger partial charge >= 0.3 is 0 Å². The molecule has 25 heavy (non-hydrogen) atoms. The van der Waals surface area contributed by atoms with E-state index >= 15 is 0 Å². The van der Waals surface area contributed by atoms with Crippen molar-refractivity contribution in [3.05, 3.63) is 46.6 Å². The number of halogens is 1. The van der Waals surface area contributed by atoms with E-state index in [0.29, 0.717) is 18.3 Å². The van der Waals surface area contributed by atoms with Crippen molar-refractivity contribution in [1.82, 2.24) is 20.8 Å². The molecule has 0 aliphatic heterocycles. The summed E-state index contributed by atoms with van der Waals surface area (Å²) in [6, 6.07) is 7.01. The lowest BCUT2D eigenvalue weighted by molar-refractivity contribution is 0.386. The normalized spacial score (nSPS) is 15.1. The van der Waals surface area contributed by atoms with Crippen molar-refractivity contribution >= 4 is 29.9 Å². The molecule has 0 spiro atoms. The van der Waals surface area contributed by atoms with Crippen molar-refractivity contribution in [3.8, 4) is 0 Å². The molecule has 0 saturated heterocycles. The number of aryl methyl sites for hydroxylation is 3. The Morgan fingerprint density at radius 1 is 1.28 bits per heavy atom. The second kappa shape index (κ2) is 9.17. The molecule has 1 heterocycles. The minimum atomic E-state index is 0. The summed E-state index contributed by atoms with van der Waals surface area (Å²) in [4.78, 5) is 8.45. The van der Waals surface area contributed by atoms with E-state index in [1.165, 1.54) is 42.4 Å². The third-order valence-corrected chi connectivity index (χ3v) is 4.43. The zero-order valence-electron chi connectivity index (χ0n) is 15.0. The van der Waals surface area contributed by atoms with Crippen LogP contribution in [0.15, 0.2) is 27.7 Å². The Kier molecular flexibility index (Phi) is 7.22. The monoisotopic (exact) mass is 455 g/mol. The third kappa shape index (κ3) is 5.17. The molecule has 0 fully saturated rings. The molecule has 0 amide bonds. The van der Waals surface area contributed by atoms with Crippen LogP contribution in [0.5, 0.6) is 0 Å². The summed E-state index contributed by atoms with van der Waals surface area (Å²) in [5, 5.41) is 10.5. The standard InChI is InChI=1S/C18H25N5O.HI/c1-12(15-9-8-14-6-4-5-7-16(14)10-15)21-18(19-3)20-11-17-22-13(2)24-23-17;/h8-10,12H,4-7,11H2,1-3H3,(H2,19,20,21);1H. The van der Waals surface area contributed by atoms with E-state index in [2.05, 4.69) is 50.9 Å². The Hall–Kier alpha value is -1.64. The van der Waals surface area contributed by atoms with E-state index in [0.717, 1.165) is 5.96 Å². The van der Waals surface area contributed by atoms with Crippen LogP contribution in [0.25, 0.3) is 0 Å². The maximum atomic E-state index is 4.97. The summed E-state index contributed by atoms with van der Waals surface area (Å²) in [6.07, 6.45) is 5.02. The number of nitrogens with one attached hydrogen (secondary N) is 2. The van der Waals surface area contributed by atoms with Gasteiger partial charge in [-0.15, -0.1) is 24.0 Å². The maximum Gasteiger partial charge on any atom is 0.223 e. The van der Waals surface area contributed by atoms with Gasteiger partial charge in [-0.2, -0.15) is 4.98 Å². The van der Waals surface area contributed by atoms with Crippen LogP contribution in [0.2, 0.25) is 0 Å². The number of nitrogens with zero attached hydrogens (tertiary/aromatic N) is 3. The molecule has 1 aromatic carbocycles. The molecule has 6 nitrogen and oxygen atoms in total. The molecular formula is C18H26IN5O. The van der Waals surface area contributed by atoms with Crippen molar-refractivity contribution in [3.63, 3.8) is 0 Å². The van der Waals surface area contributed by atoms with Crippen LogP contribution in [-0.2, 0) is 19.4 Å². The summed E-state index contributed by atoms with van der Waals surface area (Å²) in [6.45, 7) is 4.41. The molecule has 1 aliphatic rings. The Balaban J connectivity index is 0.00000225. The summed E-state index contributed by atoms with van der Waals surface area (Å²) >= 11 is 0. The molecule has 0 saturated carbocycles. The Morgan fingerprint density at radius 3 is 2.72 bits per heavy atom. The van der Waals surface area contributed by atoms with Crippen LogP contribution in [-0.4, -0.2) is 23.1 Å². The van der Waals surface area contributed by atoms with Crippen LogP contribution in [0.1, 0.15) is 54.2 Å². The third-order valence-electron chi connectivity index (χ3n) is 4.43. The predicted octanol–water partition coefficient (Wildman–Crippen LogP) is 3.30. The molecule has 136 valence electrons. The van der Waals surface area contributed by atoms with Crippen molar-refractivity contribution in [2.45, 2.75) is 52.1 Å². The first-order chi connectivity index (χ1) is 11.7. The molecule has 2 aromatic rings. The molecule has 1 aromatic heterocycles. The van der Waals surface area contributed by atoms with Crippen molar-refractivity contribution in [2.75, 3.05) is 7.05 Å². The van der Waals surface area contributed by atoms with Gasteiger partial charge in [-0.25, -0.2) is 0 Å². The van der Waals surface area contributed by atoms with E-state index in [1.54, 1.807) is 14.0 Å². The number of guanidine groups is 1. The fourth-order valence-corrected chi connectivity index (χ4v) is 3.08. The molecule has 3 rings (SSSR count). The van der Waals surface area contributed by atoms with Crippen LogP contribution in [0.3, 0.4) is 0 Å². The number of rotatable bonds is 4. The van der Waals surface area contributed by atoms with Crippen LogP contribution < -0.4 is 10.6 Å². The first-order valence-corrected chi connectivity index (χ1v) is 8.54. The van der Waals surface area contributed by atoms with Gasteiger partial charge in [0.2, 0.25) is 5.89 Å². The first kappa shape index (κ1) is 19.7. The van der Waals surface area contributed by atoms with Gasteiger partial charge in [0.1, 0.15) is 0 Å². The van der Waals surface area contributed by atoms with Gasteiger partial charge in [0.15, 0.2) is 11.8 Å².